The van der Waals surface area contributed by atoms with E-state index < -0.39 is 0 Å². The molecule has 116 valence electrons. The van der Waals surface area contributed by atoms with Gasteiger partial charge in [-0.05, 0) is 42.5 Å². The lowest BCUT2D eigenvalue weighted by Gasteiger charge is -2.26. The number of aliphatic imine (C=N–C) groups is 1. The first kappa shape index (κ1) is 16.3. The van der Waals surface area contributed by atoms with Gasteiger partial charge in [0.2, 0.25) is 0 Å². The first-order valence-corrected chi connectivity index (χ1v) is 7.87. The molecule has 0 amide bonds. The summed E-state index contributed by atoms with van der Waals surface area (Å²) in [5.41, 5.74) is 3.77. The molecule has 0 bridgehead atoms. The quantitative estimate of drug-likeness (QED) is 0.723. The van der Waals surface area contributed by atoms with Gasteiger partial charge in [-0.2, -0.15) is 0 Å². The highest BCUT2D eigenvalue weighted by molar-refractivity contribution is 5.86. The van der Waals surface area contributed by atoms with Crippen LogP contribution in [0.5, 0.6) is 5.75 Å². The van der Waals surface area contributed by atoms with E-state index >= 15 is 0 Å². The molecule has 2 rings (SSSR count). The second-order valence-electron chi connectivity index (χ2n) is 6.48. The monoisotopic (exact) mass is 295 g/mol. The third kappa shape index (κ3) is 3.76. The molecule has 0 aliphatic rings. The van der Waals surface area contributed by atoms with Crippen LogP contribution < -0.4 is 0 Å². The molecule has 0 spiro atoms. The van der Waals surface area contributed by atoms with Gasteiger partial charge in [-0.15, -0.1) is 0 Å². The van der Waals surface area contributed by atoms with Gasteiger partial charge in [0.1, 0.15) is 5.75 Å². The van der Waals surface area contributed by atoms with Crippen LogP contribution in [-0.4, -0.2) is 11.3 Å². The summed E-state index contributed by atoms with van der Waals surface area (Å²) in [7, 11) is 0. The summed E-state index contributed by atoms with van der Waals surface area (Å²) in [4.78, 5) is 4.46. The second kappa shape index (κ2) is 6.78. The van der Waals surface area contributed by atoms with Crippen LogP contribution in [0.1, 0.15) is 50.3 Å². The zero-order valence-corrected chi connectivity index (χ0v) is 13.9. The average Bonchev–Trinajstić information content (AvgIpc) is 2.48. The number of hydrogen-bond acceptors (Lipinski definition) is 2. The van der Waals surface area contributed by atoms with Gasteiger partial charge in [-0.1, -0.05) is 51.5 Å². The molecule has 0 saturated heterocycles. The number of aromatic hydroxyl groups is 1. The van der Waals surface area contributed by atoms with Crippen LogP contribution in [0, 0.1) is 6.92 Å². The molecule has 1 N–H and O–H groups in total. The molecule has 0 fully saturated rings. The number of hydrogen-bond donors (Lipinski definition) is 1. The largest absolute Gasteiger partial charge is 0.507 e. The Morgan fingerprint density at radius 2 is 1.82 bits per heavy atom. The third-order valence-corrected chi connectivity index (χ3v) is 4.00. The summed E-state index contributed by atoms with van der Waals surface area (Å²) in [6.45, 7) is 8.60. The highest BCUT2D eigenvalue weighted by atomic mass is 16.3. The van der Waals surface area contributed by atoms with Crippen LogP contribution in [0.4, 0.5) is 5.69 Å². The molecule has 0 radical (unpaired) electrons. The topological polar surface area (TPSA) is 32.6 Å². The van der Waals surface area contributed by atoms with Gasteiger partial charge >= 0.3 is 0 Å². The molecule has 0 atom stereocenters. The predicted octanol–water partition coefficient (Wildman–Crippen LogP) is 5.53. The van der Waals surface area contributed by atoms with Crippen molar-refractivity contribution in [3.8, 4) is 5.75 Å². The molecule has 2 aromatic rings. The van der Waals surface area contributed by atoms with E-state index in [1.54, 1.807) is 6.21 Å². The molecule has 0 aromatic heterocycles. The average molecular weight is 295 g/mol. The van der Waals surface area contributed by atoms with Crippen molar-refractivity contribution in [2.45, 2.75) is 46.0 Å². The van der Waals surface area contributed by atoms with E-state index in [0.717, 1.165) is 35.2 Å². The van der Waals surface area contributed by atoms with Gasteiger partial charge in [0.25, 0.3) is 0 Å². The van der Waals surface area contributed by atoms with Gasteiger partial charge in [-0.3, -0.25) is 4.99 Å². The second-order valence-corrected chi connectivity index (χ2v) is 6.48. The standard InChI is InChI=1S/C20H25NO/c1-5-11-20(3,4)18-13-15(2)12-16(19(18)22)14-21-17-9-7-6-8-10-17/h6-10,12-14,22H,5,11H2,1-4H3. The highest BCUT2D eigenvalue weighted by Gasteiger charge is 2.24. The van der Waals surface area contributed by atoms with Crippen molar-refractivity contribution in [1.29, 1.82) is 0 Å². The fourth-order valence-corrected chi connectivity index (χ4v) is 2.84. The van der Waals surface area contributed by atoms with Crippen LogP contribution >= 0.6 is 0 Å². The van der Waals surface area contributed by atoms with Crippen LogP contribution in [0.15, 0.2) is 47.5 Å². The van der Waals surface area contributed by atoms with E-state index in [1.165, 1.54) is 0 Å². The zero-order chi connectivity index (χ0) is 16.2. The Labute approximate surface area is 133 Å². The number of rotatable bonds is 5. The summed E-state index contributed by atoms with van der Waals surface area (Å²) in [5.74, 6) is 0.351. The Morgan fingerprint density at radius 3 is 2.45 bits per heavy atom. The summed E-state index contributed by atoms with van der Waals surface area (Å²) < 4.78 is 0. The first-order chi connectivity index (χ1) is 10.4. The highest BCUT2D eigenvalue weighted by Crippen LogP contribution is 2.37. The third-order valence-electron chi connectivity index (χ3n) is 4.00. The Bertz CT molecular complexity index is 657. The molecule has 2 nitrogen and oxygen atoms in total. The van der Waals surface area contributed by atoms with E-state index in [4.69, 9.17) is 0 Å². The van der Waals surface area contributed by atoms with Gasteiger partial charge in [-0.25, -0.2) is 0 Å². The number of benzene rings is 2. The van der Waals surface area contributed by atoms with Crippen molar-refractivity contribution in [3.05, 3.63) is 59.2 Å². The molecule has 0 aliphatic heterocycles. The molecule has 2 aromatic carbocycles. The molecule has 22 heavy (non-hydrogen) atoms. The zero-order valence-electron chi connectivity index (χ0n) is 13.9. The Kier molecular flexibility index (Phi) is 5.02. The maximum Gasteiger partial charge on any atom is 0.128 e. The van der Waals surface area contributed by atoms with Crippen molar-refractivity contribution < 1.29 is 5.11 Å². The van der Waals surface area contributed by atoms with Crippen molar-refractivity contribution in [2.75, 3.05) is 0 Å². The maximum atomic E-state index is 10.7. The van der Waals surface area contributed by atoms with Crippen molar-refractivity contribution >= 4 is 11.9 Å². The van der Waals surface area contributed by atoms with Crippen LogP contribution in [0.25, 0.3) is 0 Å². The minimum absolute atomic E-state index is 0.0415. The van der Waals surface area contributed by atoms with Crippen LogP contribution in [0.3, 0.4) is 0 Å². The molecule has 2 heteroatoms. The van der Waals surface area contributed by atoms with Crippen molar-refractivity contribution in [2.24, 2.45) is 4.99 Å². The number of aryl methyl sites for hydroxylation is 1. The van der Waals surface area contributed by atoms with E-state index in [1.807, 2.05) is 36.4 Å². The van der Waals surface area contributed by atoms with Crippen LogP contribution in [-0.2, 0) is 5.41 Å². The normalized spacial score (nSPS) is 12.0. The number of para-hydroxylation sites is 1. The van der Waals surface area contributed by atoms with Gasteiger partial charge in [0.15, 0.2) is 0 Å². The van der Waals surface area contributed by atoms with E-state index in [9.17, 15) is 5.11 Å². The molecule has 0 unspecified atom stereocenters. The van der Waals surface area contributed by atoms with Gasteiger partial charge in [0.05, 0.1) is 5.69 Å². The SMILES string of the molecule is CCCC(C)(C)c1cc(C)cc(C=Nc2ccccc2)c1O. The smallest absolute Gasteiger partial charge is 0.128 e. The summed E-state index contributed by atoms with van der Waals surface area (Å²) in [6, 6.07) is 13.8. The summed E-state index contributed by atoms with van der Waals surface area (Å²) in [5, 5.41) is 10.7. The van der Waals surface area contributed by atoms with E-state index in [-0.39, 0.29) is 5.41 Å². The minimum atomic E-state index is -0.0415. The van der Waals surface area contributed by atoms with Gasteiger partial charge in [0, 0.05) is 17.3 Å². The molecule has 0 heterocycles. The first-order valence-electron chi connectivity index (χ1n) is 7.87. The Morgan fingerprint density at radius 1 is 1.14 bits per heavy atom. The summed E-state index contributed by atoms with van der Waals surface area (Å²) >= 11 is 0. The fourth-order valence-electron chi connectivity index (χ4n) is 2.84. The molecular formula is C20H25NO. The lowest BCUT2D eigenvalue weighted by atomic mass is 9.79. The van der Waals surface area contributed by atoms with Crippen LogP contribution in [0.2, 0.25) is 0 Å². The van der Waals surface area contributed by atoms with Crippen molar-refractivity contribution in [3.63, 3.8) is 0 Å². The van der Waals surface area contributed by atoms with E-state index in [2.05, 4.69) is 38.8 Å². The van der Waals surface area contributed by atoms with E-state index in [0.29, 0.717) is 5.75 Å². The number of nitrogens with zero attached hydrogens (tertiary/aromatic N) is 1. The maximum absolute atomic E-state index is 10.7. The lowest BCUT2D eigenvalue weighted by Crippen LogP contribution is -2.17. The fraction of sp³-hybridized carbons (Fsp3) is 0.350. The number of phenolic OH excluding ortho intramolecular Hbond substituents is 1. The molecular weight excluding hydrogens is 270 g/mol. The Hall–Kier alpha value is -2.09. The van der Waals surface area contributed by atoms with Gasteiger partial charge < -0.3 is 5.11 Å². The predicted molar refractivity (Wildman–Crippen MR) is 94.5 cm³/mol. The minimum Gasteiger partial charge on any atom is -0.507 e. The molecule has 0 saturated carbocycles. The number of phenols is 1. The lowest BCUT2D eigenvalue weighted by molar-refractivity contribution is 0.416. The van der Waals surface area contributed by atoms with Crippen molar-refractivity contribution in [1.82, 2.24) is 0 Å². The Balaban J connectivity index is 2.41. The summed E-state index contributed by atoms with van der Waals surface area (Å²) in [6.07, 6.45) is 3.89. The molecule has 0 aliphatic carbocycles.